The van der Waals surface area contributed by atoms with Crippen LogP contribution in [0.2, 0.25) is 0 Å². The average molecular weight is 355 g/mol. The van der Waals surface area contributed by atoms with E-state index < -0.39 is 5.91 Å². The molecule has 3 rings (SSSR count). The number of rotatable bonds is 7. The molecule has 0 saturated heterocycles. The zero-order valence-corrected chi connectivity index (χ0v) is 15.0. The summed E-state index contributed by atoms with van der Waals surface area (Å²) in [6.07, 6.45) is 12.0. The Morgan fingerprint density at radius 1 is 1.19 bits per heavy atom. The summed E-state index contributed by atoms with van der Waals surface area (Å²) in [5, 5.41) is 0. The number of amides is 1. The number of hydrogen-bond donors (Lipinski definition) is 1. The zero-order chi connectivity index (χ0) is 18.5. The van der Waals surface area contributed by atoms with Gasteiger partial charge >= 0.3 is 0 Å². The number of carbonyl (C=O) groups is 1. The minimum atomic E-state index is -0.533. The van der Waals surface area contributed by atoms with Crippen LogP contribution in [0.4, 0.5) is 4.39 Å². The fourth-order valence-corrected chi connectivity index (χ4v) is 3.65. The van der Waals surface area contributed by atoms with E-state index in [0.29, 0.717) is 22.4 Å². The summed E-state index contributed by atoms with van der Waals surface area (Å²) in [4.78, 5) is 12.0. The second kappa shape index (κ2) is 8.35. The Bertz CT molecular complexity index is 741. The first-order valence-corrected chi connectivity index (χ1v) is 9.39. The normalized spacial score (nSPS) is 19.3. The molecule has 2 saturated carbocycles. The Morgan fingerprint density at radius 3 is 2.50 bits per heavy atom. The van der Waals surface area contributed by atoms with Crippen LogP contribution in [0.5, 0.6) is 5.75 Å². The van der Waals surface area contributed by atoms with Crippen molar-refractivity contribution in [3.63, 3.8) is 0 Å². The van der Waals surface area contributed by atoms with E-state index in [9.17, 15) is 9.18 Å². The lowest BCUT2D eigenvalue weighted by Crippen LogP contribution is -2.18. The molecule has 1 aromatic carbocycles. The van der Waals surface area contributed by atoms with Gasteiger partial charge in [-0.2, -0.15) is 0 Å². The molecule has 0 aromatic heterocycles. The predicted octanol–water partition coefficient (Wildman–Crippen LogP) is 5.33. The second-order valence-corrected chi connectivity index (χ2v) is 7.08. The van der Waals surface area contributed by atoms with Crippen LogP contribution in [-0.2, 0) is 0 Å². The summed E-state index contributed by atoms with van der Waals surface area (Å²) in [6.45, 7) is 3.58. The number of hydrogen-bond acceptors (Lipinski definition) is 2. The van der Waals surface area contributed by atoms with Gasteiger partial charge in [0, 0.05) is 5.56 Å². The minimum absolute atomic E-state index is 0.144. The summed E-state index contributed by atoms with van der Waals surface area (Å²) < 4.78 is 20.8. The van der Waals surface area contributed by atoms with Crippen LogP contribution in [0.25, 0.3) is 6.08 Å². The molecule has 0 bridgehead atoms. The van der Waals surface area contributed by atoms with Gasteiger partial charge in [0.2, 0.25) is 5.91 Å². The summed E-state index contributed by atoms with van der Waals surface area (Å²) in [7, 11) is 0. The van der Waals surface area contributed by atoms with Gasteiger partial charge in [-0.3, -0.25) is 4.79 Å². The molecule has 2 aliphatic carbocycles. The first-order valence-electron chi connectivity index (χ1n) is 9.39. The van der Waals surface area contributed by atoms with Crippen molar-refractivity contribution in [2.24, 2.45) is 11.7 Å². The lowest BCUT2D eigenvalue weighted by atomic mass is 9.78. The number of carbonyl (C=O) groups excluding carboxylic acids is 1. The fraction of sp³-hybridized carbons (Fsp3) is 0.409. The third-order valence-electron chi connectivity index (χ3n) is 5.31. The van der Waals surface area contributed by atoms with Crippen LogP contribution in [0, 0.1) is 5.92 Å². The fourth-order valence-electron chi connectivity index (χ4n) is 3.65. The van der Waals surface area contributed by atoms with Crippen molar-refractivity contribution < 1.29 is 13.9 Å². The third-order valence-corrected chi connectivity index (χ3v) is 5.31. The number of benzene rings is 1. The molecule has 3 nitrogen and oxygen atoms in total. The molecule has 26 heavy (non-hydrogen) atoms. The van der Waals surface area contributed by atoms with Crippen LogP contribution >= 0.6 is 0 Å². The molecule has 0 radical (unpaired) electrons. The van der Waals surface area contributed by atoms with Crippen LogP contribution < -0.4 is 10.5 Å². The van der Waals surface area contributed by atoms with Gasteiger partial charge in [0.25, 0.3) is 0 Å². The summed E-state index contributed by atoms with van der Waals surface area (Å²) >= 11 is 0. The van der Waals surface area contributed by atoms with E-state index in [1.807, 2.05) is 6.07 Å². The van der Waals surface area contributed by atoms with Crippen LogP contribution in [-0.4, -0.2) is 12.0 Å². The monoisotopic (exact) mass is 355 g/mol. The van der Waals surface area contributed by atoms with E-state index in [-0.39, 0.29) is 17.8 Å². The Kier molecular flexibility index (Phi) is 5.92. The molecular weight excluding hydrogens is 329 g/mol. The standard InChI is InChI=1S/C22H26FNO2/c1-2-7-20(23)18(15-8-5-9-15)14-19-17(22(24)25)12-6-13-21(19)26-16-10-3-4-11-16/h2,6-7,12-16H,1,3-5,8-11H2,(H2,24,25)/b18-14+,20-7+. The third kappa shape index (κ3) is 4.06. The van der Waals surface area contributed by atoms with Gasteiger partial charge in [-0.05, 0) is 74.3 Å². The molecular formula is C22H26FNO2. The van der Waals surface area contributed by atoms with E-state index in [0.717, 1.165) is 44.9 Å². The van der Waals surface area contributed by atoms with Gasteiger partial charge < -0.3 is 10.5 Å². The number of allylic oxidation sites excluding steroid dienone is 4. The topological polar surface area (TPSA) is 52.3 Å². The molecule has 0 spiro atoms. The quantitative estimate of drug-likeness (QED) is 0.672. The minimum Gasteiger partial charge on any atom is -0.490 e. The highest BCUT2D eigenvalue weighted by atomic mass is 19.1. The Balaban J connectivity index is 2.05. The Labute approximate surface area is 154 Å². The van der Waals surface area contributed by atoms with Crippen LogP contribution in [0.1, 0.15) is 60.9 Å². The van der Waals surface area contributed by atoms with Gasteiger partial charge in [0.1, 0.15) is 11.6 Å². The lowest BCUT2D eigenvalue weighted by molar-refractivity contribution is 0.0999. The predicted molar refractivity (Wildman–Crippen MR) is 103 cm³/mol. The molecule has 1 amide bonds. The van der Waals surface area contributed by atoms with Crippen molar-refractivity contribution in [1.82, 2.24) is 0 Å². The zero-order valence-electron chi connectivity index (χ0n) is 15.0. The van der Waals surface area contributed by atoms with E-state index in [4.69, 9.17) is 10.5 Å². The van der Waals surface area contributed by atoms with Gasteiger partial charge in [-0.25, -0.2) is 4.39 Å². The maximum atomic E-state index is 14.7. The number of ether oxygens (including phenoxy) is 1. The summed E-state index contributed by atoms with van der Waals surface area (Å²) in [6, 6.07) is 5.27. The molecule has 2 N–H and O–H groups in total. The maximum absolute atomic E-state index is 14.7. The van der Waals surface area contributed by atoms with Gasteiger partial charge in [-0.1, -0.05) is 25.1 Å². The van der Waals surface area contributed by atoms with E-state index in [2.05, 4.69) is 6.58 Å². The van der Waals surface area contributed by atoms with Gasteiger partial charge in [-0.15, -0.1) is 0 Å². The number of primary amides is 1. The maximum Gasteiger partial charge on any atom is 0.249 e. The van der Waals surface area contributed by atoms with Crippen molar-refractivity contribution >= 4 is 12.0 Å². The van der Waals surface area contributed by atoms with Crippen molar-refractivity contribution in [3.05, 3.63) is 59.5 Å². The SMILES string of the molecule is C=C/C=C(F)\C(=C\c1c(OC2CCCC2)cccc1C(N)=O)C1CCC1. The summed E-state index contributed by atoms with van der Waals surface area (Å²) in [5.41, 5.74) is 7.12. The molecule has 2 aliphatic rings. The van der Waals surface area contributed by atoms with Crippen LogP contribution in [0.3, 0.4) is 0 Å². The number of nitrogens with two attached hydrogens (primary N) is 1. The smallest absolute Gasteiger partial charge is 0.249 e. The van der Waals surface area contributed by atoms with Gasteiger partial charge in [0.05, 0.1) is 11.7 Å². The number of halogens is 1. The molecule has 4 heteroatoms. The van der Waals surface area contributed by atoms with Crippen molar-refractivity contribution in [1.29, 1.82) is 0 Å². The Morgan fingerprint density at radius 2 is 1.92 bits per heavy atom. The lowest BCUT2D eigenvalue weighted by Gasteiger charge is -2.28. The van der Waals surface area contributed by atoms with E-state index in [1.54, 1.807) is 18.2 Å². The molecule has 0 heterocycles. The Hall–Kier alpha value is -2.36. The highest BCUT2D eigenvalue weighted by Crippen LogP contribution is 2.40. The first-order chi connectivity index (χ1) is 12.6. The first kappa shape index (κ1) is 18.4. The molecule has 0 unspecified atom stereocenters. The van der Waals surface area contributed by atoms with Crippen molar-refractivity contribution in [2.45, 2.75) is 51.0 Å². The van der Waals surface area contributed by atoms with E-state index >= 15 is 0 Å². The molecule has 0 atom stereocenters. The molecule has 2 fully saturated rings. The summed E-state index contributed by atoms with van der Waals surface area (Å²) in [5.74, 6) is -0.0760. The van der Waals surface area contributed by atoms with Gasteiger partial charge in [0.15, 0.2) is 0 Å². The highest BCUT2D eigenvalue weighted by molar-refractivity contribution is 5.98. The van der Waals surface area contributed by atoms with Crippen molar-refractivity contribution in [3.8, 4) is 5.75 Å². The second-order valence-electron chi connectivity index (χ2n) is 7.08. The van der Waals surface area contributed by atoms with Crippen LogP contribution in [0.15, 0.2) is 48.3 Å². The average Bonchev–Trinajstić information content (AvgIpc) is 3.07. The molecule has 1 aromatic rings. The highest BCUT2D eigenvalue weighted by Gasteiger charge is 2.26. The van der Waals surface area contributed by atoms with Crippen molar-refractivity contribution in [2.75, 3.05) is 0 Å². The molecule has 0 aliphatic heterocycles. The largest absolute Gasteiger partial charge is 0.490 e. The molecule has 138 valence electrons. The van der Waals surface area contributed by atoms with E-state index in [1.165, 1.54) is 12.2 Å².